The van der Waals surface area contributed by atoms with E-state index in [2.05, 4.69) is 29.2 Å². The van der Waals surface area contributed by atoms with E-state index in [0.29, 0.717) is 0 Å². The van der Waals surface area contributed by atoms with Gasteiger partial charge in [-0.15, -0.1) is 0 Å². The minimum atomic E-state index is -1.47. The minimum absolute atomic E-state index is 0.271. The summed E-state index contributed by atoms with van der Waals surface area (Å²) in [6.07, 6.45) is 7.44. The molecular weight excluding hydrogens is 273 g/mol. The molecule has 2 aromatic carbocycles. The van der Waals surface area contributed by atoms with Crippen LogP contribution in [0.15, 0.2) is 78.9 Å². The van der Waals surface area contributed by atoms with Crippen LogP contribution in [-0.4, -0.2) is 10.9 Å². The molecule has 1 nitrogen and oxygen atoms in total. The first-order valence-electron chi connectivity index (χ1n) is 7.69. The van der Waals surface area contributed by atoms with Crippen molar-refractivity contribution in [1.29, 1.82) is 0 Å². The molecule has 4 rings (SSSR count). The van der Waals surface area contributed by atoms with E-state index in [9.17, 15) is 0 Å². The maximum atomic E-state index is 15.9. The number of allylic oxidation sites excluding steroid dienone is 2. The molecular formula is C20H18FN. The van der Waals surface area contributed by atoms with Crippen molar-refractivity contribution in [2.24, 2.45) is 0 Å². The van der Waals surface area contributed by atoms with Crippen LogP contribution >= 0.6 is 0 Å². The average Bonchev–Trinajstić information content (AvgIpc) is 3.00. The van der Waals surface area contributed by atoms with Gasteiger partial charge in [0.15, 0.2) is 5.67 Å². The summed E-state index contributed by atoms with van der Waals surface area (Å²) >= 11 is 0. The molecule has 0 bridgehead atoms. The van der Waals surface area contributed by atoms with Gasteiger partial charge in [0.1, 0.15) is 0 Å². The van der Waals surface area contributed by atoms with Gasteiger partial charge in [0.05, 0.1) is 6.04 Å². The minimum Gasteiger partial charge on any atom is -0.285 e. The van der Waals surface area contributed by atoms with Crippen molar-refractivity contribution in [2.45, 2.75) is 24.8 Å². The lowest BCUT2D eigenvalue weighted by Crippen LogP contribution is -2.44. The Balaban J connectivity index is 1.69. The Morgan fingerprint density at radius 1 is 0.864 bits per heavy atom. The van der Waals surface area contributed by atoms with E-state index < -0.39 is 5.67 Å². The molecule has 1 aliphatic carbocycles. The van der Waals surface area contributed by atoms with Crippen molar-refractivity contribution in [3.8, 4) is 0 Å². The van der Waals surface area contributed by atoms with Crippen molar-refractivity contribution >= 4 is 0 Å². The lowest BCUT2D eigenvalue weighted by molar-refractivity contribution is 0.0818. The molecule has 0 saturated carbocycles. The summed E-state index contributed by atoms with van der Waals surface area (Å²) in [5.74, 6) is 0. The van der Waals surface area contributed by atoms with E-state index in [0.717, 1.165) is 18.7 Å². The molecule has 1 heterocycles. The second-order valence-electron chi connectivity index (χ2n) is 6.00. The molecule has 2 aliphatic rings. The van der Waals surface area contributed by atoms with E-state index in [-0.39, 0.29) is 6.04 Å². The van der Waals surface area contributed by atoms with Crippen LogP contribution in [0.25, 0.3) is 0 Å². The number of hydrogen-bond acceptors (Lipinski definition) is 1. The highest BCUT2D eigenvalue weighted by Gasteiger charge is 2.43. The lowest BCUT2D eigenvalue weighted by Gasteiger charge is -2.37. The van der Waals surface area contributed by atoms with Gasteiger partial charge in [-0.25, -0.2) is 4.39 Å². The summed E-state index contributed by atoms with van der Waals surface area (Å²) in [6, 6.07) is 17.6. The molecule has 1 aliphatic heterocycles. The summed E-state index contributed by atoms with van der Waals surface area (Å²) in [5.41, 5.74) is 1.86. The van der Waals surface area contributed by atoms with Crippen molar-refractivity contribution in [3.63, 3.8) is 0 Å². The van der Waals surface area contributed by atoms with Gasteiger partial charge >= 0.3 is 0 Å². The van der Waals surface area contributed by atoms with Gasteiger partial charge in [-0.1, -0.05) is 72.8 Å². The van der Waals surface area contributed by atoms with Gasteiger partial charge in [-0.2, -0.15) is 0 Å². The SMILES string of the molecule is FC1(c2ccccc2)C=CC=CC1N1Cc2ccccc2C1. The Bertz CT molecular complexity index is 709. The van der Waals surface area contributed by atoms with Crippen LogP contribution in [0.3, 0.4) is 0 Å². The fraction of sp³-hybridized carbons (Fsp3) is 0.200. The molecule has 0 saturated heterocycles. The largest absolute Gasteiger partial charge is 0.285 e. The van der Waals surface area contributed by atoms with Crippen molar-refractivity contribution in [3.05, 3.63) is 95.6 Å². The Hall–Kier alpha value is -2.19. The average molecular weight is 291 g/mol. The zero-order valence-electron chi connectivity index (χ0n) is 12.3. The van der Waals surface area contributed by atoms with Crippen molar-refractivity contribution in [2.75, 3.05) is 0 Å². The zero-order chi connectivity index (χ0) is 15.0. The number of rotatable bonds is 2. The van der Waals surface area contributed by atoms with Crippen LogP contribution in [0, 0.1) is 0 Å². The number of hydrogen-bond donors (Lipinski definition) is 0. The van der Waals surface area contributed by atoms with Crippen LogP contribution < -0.4 is 0 Å². The number of halogens is 1. The van der Waals surface area contributed by atoms with Crippen molar-refractivity contribution in [1.82, 2.24) is 4.90 Å². The number of alkyl halides is 1. The Kier molecular flexibility index (Phi) is 3.20. The summed E-state index contributed by atoms with van der Waals surface area (Å²) in [5, 5.41) is 0. The third-order valence-electron chi connectivity index (χ3n) is 4.65. The molecule has 2 aromatic rings. The standard InChI is InChI=1S/C20H18FN/c21-20(18-10-2-1-3-11-18)13-7-6-12-19(20)22-14-16-8-4-5-9-17(16)15-22/h1-13,19H,14-15H2. The number of fused-ring (bicyclic) bond motifs is 1. The van der Waals surface area contributed by atoms with Crippen LogP contribution in [-0.2, 0) is 18.8 Å². The predicted molar refractivity (Wildman–Crippen MR) is 87.0 cm³/mol. The summed E-state index contributed by atoms with van der Waals surface area (Å²) in [7, 11) is 0. The van der Waals surface area contributed by atoms with E-state index in [1.807, 2.05) is 48.6 Å². The normalized spacial score (nSPS) is 27.0. The maximum Gasteiger partial charge on any atom is 0.173 e. The highest BCUT2D eigenvalue weighted by atomic mass is 19.1. The third-order valence-corrected chi connectivity index (χ3v) is 4.65. The fourth-order valence-electron chi connectivity index (χ4n) is 3.51. The lowest BCUT2D eigenvalue weighted by atomic mass is 9.84. The summed E-state index contributed by atoms with van der Waals surface area (Å²) < 4.78 is 15.9. The summed E-state index contributed by atoms with van der Waals surface area (Å²) in [6.45, 7) is 1.61. The highest BCUT2D eigenvalue weighted by Crippen LogP contribution is 2.40. The highest BCUT2D eigenvalue weighted by molar-refractivity contribution is 5.38. The van der Waals surface area contributed by atoms with Crippen LogP contribution in [0.2, 0.25) is 0 Å². The second kappa shape index (κ2) is 5.22. The molecule has 0 radical (unpaired) electrons. The second-order valence-corrected chi connectivity index (χ2v) is 6.00. The Morgan fingerprint density at radius 2 is 1.50 bits per heavy atom. The van der Waals surface area contributed by atoms with Gasteiger partial charge in [-0.3, -0.25) is 4.90 Å². The van der Waals surface area contributed by atoms with Gasteiger partial charge in [0.25, 0.3) is 0 Å². The van der Waals surface area contributed by atoms with E-state index in [1.165, 1.54) is 11.1 Å². The molecule has 0 aromatic heterocycles. The molecule has 22 heavy (non-hydrogen) atoms. The topological polar surface area (TPSA) is 3.24 Å². The van der Waals surface area contributed by atoms with Crippen LogP contribution in [0.4, 0.5) is 4.39 Å². The third kappa shape index (κ3) is 2.11. The first-order chi connectivity index (χ1) is 10.8. The van der Waals surface area contributed by atoms with Crippen LogP contribution in [0.1, 0.15) is 16.7 Å². The monoisotopic (exact) mass is 291 g/mol. The number of nitrogens with zero attached hydrogens (tertiary/aromatic N) is 1. The molecule has 0 N–H and O–H groups in total. The predicted octanol–water partition coefficient (Wildman–Crippen LogP) is 4.36. The fourth-order valence-corrected chi connectivity index (χ4v) is 3.51. The van der Waals surface area contributed by atoms with Gasteiger partial charge in [0, 0.05) is 13.1 Å². The van der Waals surface area contributed by atoms with Gasteiger partial charge < -0.3 is 0 Å². The Labute approximate surface area is 130 Å². The smallest absolute Gasteiger partial charge is 0.173 e. The van der Waals surface area contributed by atoms with E-state index in [1.54, 1.807) is 6.08 Å². The van der Waals surface area contributed by atoms with E-state index >= 15 is 4.39 Å². The molecule has 2 unspecified atom stereocenters. The molecule has 0 spiro atoms. The molecule has 2 heteroatoms. The Morgan fingerprint density at radius 3 is 2.18 bits per heavy atom. The van der Waals surface area contributed by atoms with Crippen LogP contribution in [0.5, 0.6) is 0 Å². The maximum absolute atomic E-state index is 15.9. The summed E-state index contributed by atoms with van der Waals surface area (Å²) in [4.78, 5) is 2.22. The molecule has 110 valence electrons. The molecule has 2 atom stereocenters. The van der Waals surface area contributed by atoms with E-state index in [4.69, 9.17) is 0 Å². The van der Waals surface area contributed by atoms with Crippen molar-refractivity contribution < 1.29 is 4.39 Å². The zero-order valence-corrected chi connectivity index (χ0v) is 12.3. The number of benzene rings is 2. The quantitative estimate of drug-likeness (QED) is 0.794. The molecule has 0 amide bonds. The first-order valence-corrected chi connectivity index (χ1v) is 7.69. The first kappa shape index (κ1) is 13.5. The van der Waals surface area contributed by atoms with Gasteiger partial charge in [-0.05, 0) is 22.8 Å². The molecule has 0 fully saturated rings. The van der Waals surface area contributed by atoms with Gasteiger partial charge in [0.2, 0.25) is 0 Å².